The maximum Gasteiger partial charge on any atom is 0.263 e. The highest BCUT2D eigenvalue weighted by Gasteiger charge is 2.20. The van der Waals surface area contributed by atoms with E-state index in [4.69, 9.17) is 0 Å². The maximum atomic E-state index is 12.5. The highest BCUT2D eigenvalue weighted by molar-refractivity contribution is 7.13. The number of benzene rings is 1. The van der Waals surface area contributed by atoms with E-state index in [-0.39, 0.29) is 11.8 Å². The van der Waals surface area contributed by atoms with Gasteiger partial charge in [-0.2, -0.15) is 0 Å². The molecule has 2 heterocycles. The Morgan fingerprint density at radius 1 is 1.16 bits per heavy atom. The van der Waals surface area contributed by atoms with Crippen LogP contribution in [0.1, 0.15) is 30.6 Å². The minimum atomic E-state index is -0.122. The van der Waals surface area contributed by atoms with E-state index in [1.54, 1.807) is 6.20 Å². The molecule has 0 radical (unpaired) electrons. The van der Waals surface area contributed by atoms with Crippen LogP contribution in [0.4, 0.5) is 0 Å². The highest BCUT2D eigenvalue weighted by atomic mass is 32.1. The first-order valence-electron chi connectivity index (χ1n) is 8.30. The van der Waals surface area contributed by atoms with Crippen molar-refractivity contribution >= 4 is 23.2 Å². The summed E-state index contributed by atoms with van der Waals surface area (Å²) >= 11 is 1.38. The van der Waals surface area contributed by atoms with Crippen LogP contribution >= 0.6 is 11.3 Å². The largest absolute Gasteiger partial charge is 0.347 e. The fraction of sp³-hybridized carbons (Fsp3) is 0.389. The fourth-order valence-electron chi connectivity index (χ4n) is 2.69. The summed E-state index contributed by atoms with van der Waals surface area (Å²) in [7, 11) is 2.07. The van der Waals surface area contributed by atoms with Gasteiger partial charge in [0.15, 0.2) is 0 Å². The van der Waals surface area contributed by atoms with Gasteiger partial charge in [0.25, 0.3) is 11.8 Å². The summed E-state index contributed by atoms with van der Waals surface area (Å²) in [6.45, 7) is 5.65. The van der Waals surface area contributed by atoms with Crippen molar-refractivity contribution in [2.45, 2.75) is 13.5 Å². The first-order valence-corrected chi connectivity index (χ1v) is 9.12. The van der Waals surface area contributed by atoms with Crippen molar-refractivity contribution in [3.63, 3.8) is 0 Å². The maximum absolute atomic E-state index is 12.5. The molecule has 2 aromatic rings. The highest BCUT2D eigenvalue weighted by Crippen LogP contribution is 2.12. The fourth-order valence-corrected chi connectivity index (χ4v) is 3.39. The molecule has 7 heteroatoms. The number of rotatable bonds is 4. The van der Waals surface area contributed by atoms with Gasteiger partial charge in [-0.15, -0.1) is 11.3 Å². The van der Waals surface area contributed by atoms with Gasteiger partial charge in [0, 0.05) is 38.3 Å². The number of carbonyl (C=O) groups is 2. The van der Waals surface area contributed by atoms with Gasteiger partial charge in [-0.25, -0.2) is 4.98 Å². The third-order valence-corrected chi connectivity index (χ3v) is 5.20. The summed E-state index contributed by atoms with van der Waals surface area (Å²) in [6.07, 6.45) is 1.59. The van der Waals surface area contributed by atoms with Crippen LogP contribution in [0.3, 0.4) is 0 Å². The van der Waals surface area contributed by atoms with Gasteiger partial charge in [0.05, 0.1) is 11.2 Å². The molecule has 0 saturated carbocycles. The molecule has 25 heavy (non-hydrogen) atoms. The number of carbonyl (C=O) groups excluding carboxylic acids is 2. The third kappa shape index (κ3) is 4.43. The molecular weight excluding hydrogens is 336 g/mol. The quantitative estimate of drug-likeness (QED) is 0.905. The van der Waals surface area contributed by atoms with E-state index >= 15 is 0 Å². The molecule has 3 rings (SSSR count). The van der Waals surface area contributed by atoms with Crippen molar-refractivity contribution in [2.24, 2.45) is 0 Å². The van der Waals surface area contributed by atoms with E-state index < -0.39 is 0 Å². The minimum Gasteiger partial charge on any atom is -0.347 e. The van der Waals surface area contributed by atoms with Gasteiger partial charge in [0.1, 0.15) is 4.88 Å². The van der Waals surface area contributed by atoms with Crippen molar-refractivity contribution in [2.75, 3.05) is 33.2 Å². The number of nitrogens with zero attached hydrogens (tertiary/aromatic N) is 3. The molecule has 1 aliphatic rings. The summed E-state index contributed by atoms with van der Waals surface area (Å²) in [5, 5.41) is 3.75. The molecule has 0 atom stereocenters. The van der Waals surface area contributed by atoms with E-state index in [0.29, 0.717) is 17.0 Å². The molecule has 0 spiro atoms. The summed E-state index contributed by atoms with van der Waals surface area (Å²) < 4.78 is 0. The normalized spacial score (nSPS) is 15.2. The zero-order valence-electron chi connectivity index (χ0n) is 14.5. The van der Waals surface area contributed by atoms with Crippen LogP contribution in [0.2, 0.25) is 0 Å². The van der Waals surface area contributed by atoms with Gasteiger partial charge in [-0.3, -0.25) is 9.59 Å². The second kappa shape index (κ2) is 7.76. The number of nitrogens with one attached hydrogen (secondary N) is 1. The Bertz CT molecular complexity index is 749. The average Bonchev–Trinajstić information content (AvgIpc) is 3.07. The van der Waals surface area contributed by atoms with Crippen molar-refractivity contribution in [3.8, 4) is 0 Å². The number of aromatic nitrogens is 1. The summed E-state index contributed by atoms with van der Waals surface area (Å²) in [4.78, 5) is 33.3. The van der Waals surface area contributed by atoms with Crippen LogP contribution in [-0.4, -0.2) is 59.8 Å². The number of aryl methyl sites for hydroxylation is 1. The second-order valence-corrected chi connectivity index (χ2v) is 7.45. The molecule has 1 fully saturated rings. The predicted molar refractivity (Wildman–Crippen MR) is 97.9 cm³/mol. The number of hydrogen-bond acceptors (Lipinski definition) is 5. The molecule has 1 N–H and O–H groups in total. The Kier molecular flexibility index (Phi) is 5.45. The second-order valence-electron chi connectivity index (χ2n) is 6.22. The Balaban J connectivity index is 1.55. The van der Waals surface area contributed by atoms with Crippen molar-refractivity contribution < 1.29 is 9.59 Å². The first-order chi connectivity index (χ1) is 12.0. The number of amides is 2. The Morgan fingerprint density at radius 3 is 2.44 bits per heavy atom. The minimum absolute atomic E-state index is 0.0730. The third-order valence-electron chi connectivity index (χ3n) is 4.29. The molecule has 1 aromatic heterocycles. The molecule has 2 amide bonds. The van der Waals surface area contributed by atoms with Gasteiger partial charge in [-0.05, 0) is 31.7 Å². The zero-order valence-corrected chi connectivity index (χ0v) is 15.3. The Labute approximate surface area is 151 Å². The smallest absolute Gasteiger partial charge is 0.263 e. The number of piperazine rings is 1. The molecule has 0 aliphatic carbocycles. The lowest BCUT2D eigenvalue weighted by Gasteiger charge is -2.32. The lowest BCUT2D eigenvalue weighted by molar-refractivity contribution is 0.0664. The first kappa shape index (κ1) is 17.6. The summed E-state index contributed by atoms with van der Waals surface area (Å²) in [5.74, 6) is -0.0491. The van der Waals surface area contributed by atoms with Gasteiger partial charge in [-0.1, -0.05) is 12.1 Å². The lowest BCUT2D eigenvalue weighted by Crippen LogP contribution is -2.47. The van der Waals surface area contributed by atoms with Crippen LogP contribution in [-0.2, 0) is 6.54 Å². The summed E-state index contributed by atoms with van der Waals surface area (Å²) in [5.41, 5.74) is 1.65. The van der Waals surface area contributed by atoms with Crippen molar-refractivity contribution in [3.05, 3.63) is 51.5 Å². The average molecular weight is 358 g/mol. The van der Waals surface area contributed by atoms with Crippen LogP contribution < -0.4 is 5.32 Å². The Morgan fingerprint density at radius 2 is 1.84 bits per heavy atom. The topological polar surface area (TPSA) is 65.5 Å². The van der Waals surface area contributed by atoms with E-state index in [0.717, 1.165) is 36.8 Å². The SMILES string of the molecule is Cc1ncc(C(=O)NCc2ccc(C(=O)N3CCN(C)CC3)cc2)s1. The molecule has 1 aliphatic heterocycles. The summed E-state index contributed by atoms with van der Waals surface area (Å²) in [6, 6.07) is 7.45. The number of thiazole rings is 1. The molecule has 6 nitrogen and oxygen atoms in total. The van der Waals surface area contributed by atoms with Crippen molar-refractivity contribution in [1.29, 1.82) is 0 Å². The van der Waals surface area contributed by atoms with Gasteiger partial charge in [0.2, 0.25) is 0 Å². The van der Waals surface area contributed by atoms with E-state index in [1.807, 2.05) is 36.1 Å². The van der Waals surface area contributed by atoms with Crippen molar-refractivity contribution in [1.82, 2.24) is 20.1 Å². The van der Waals surface area contributed by atoms with Crippen LogP contribution in [0, 0.1) is 6.92 Å². The van der Waals surface area contributed by atoms with E-state index in [9.17, 15) is 9.59 Å². The predicted octanol–water partition coefficient (Wildman–Crippen LogP) is 1.77. The standard InChI is InChI=1S/C18H22N4O2S/c1-13-19-12-16(25-13)17(23)20-11-14-3-5-15(6-4-14)18(24)22-9-7-21(2)8-10-22/h3-6,12H,7-11H2,1-2H3,(H,20,23). The van der Waals surface area contributed by atoms with Crippen LogP contribution in [0.15, 0.2) is 30.5 Å². The lowest BCUT2D eigenvalue weighted by atomic mass is 10.1. The molecular formula is C18H22N4O2S. The van der Waals surface area contributed by atoms with E-state index in [1.165, 1.54) is 11.3 Å². The molecule has 1 saturated heterocycles. The van der Waals surface area contributed by atoms with Crippen LogP contribution in [0.25, 0.3) is 0 Å². The number of hydrogen-bond donors (Lipinski definition) is 1. The Hall–Kier alpha value is -2.25. The molecule has 1 aromatic carbocycles. The van der Waals surface area contributed by atoms with Gasteiger partial charge >= 0.3 is 0 Å². The van der Waals surface area contributed by atoms with Gasteiger partial charge < -0.3 is 15.1 Å². The van der Waals surface area contributed by atoms with E-state index in [2.05, 4.69) is 22.2 Å². The zero-order chi connectivity index (χ0) is 17.8. The molecule has 0 bridgehead atoms. The molecule has 132 valence electrons. The monoisotopic (exact) mass is 358 g/mol. The molecule has 0 unspecified atom stereocenters. The number of likely N-dealkylation sites (N-methyl/N-ethyl adjacent to an activating group) is 1. The van der Waals surface area contributed by atoms with Crippen LogP contribution in [0.5, 0.6) is 0 Å².